The first-order chi connectivity index (χ1) is 8.66. The van der Waals surface area contributed by atoms with E-state index in [1.807, 2.05) is 0 Å². The van der Waals surface area contributed by atoms with E-state index in [1.54, 1.807) is 0 Å². The molecule has 0 aliphatic heterocycles. The summed E-state index contributed by atoms with van der Waals surface area (Å²) < 4.78 is 0. The standard InChI is InChI=1S/5BH3O3.13H3N/c5*2-1(3)4;;;;;;;;;;;;;/h5*2-4H;13*1H3. The molecule has 0 amide bonds. The van der Waals surface area contributed by atoms with E-state index in [1.165, 1.54) is 0 Å². The van der Waals surface area contributed by atoms with E-state index in [9.17, 15) is 0 Å². The monoisotopic (exact) mass is 531 g/mol. The van der Waals surface area contributed by atoms with Crippen LogP contribution in [-0.4, -0.2) is 112 Å². The van der Waals surface area contributed by atoms with Gasteiger partial charge in [-0.2, -0.15) is 0 Å². The van der Waals surface area contributed by atoms with Crippen LogP contribution in [0.5, 0.6) is 0 Å². The Hall–Kier alpha value is -0.795. The lowest BCUT2D eigenvalue weighted by molar-refractivity contribution is 0.276. The first-order valence-electron chi connectivity index (χ1n) is 3.87. The third-order valence-corrected chi connectivity index (χ3v) is 0. The quantitative estimate of drug-likeness (QED) is 0.129. The predicted molar refractivity (Wildman–Crippen MR) is 127 cm³/mol. The van der Waals surface area contributed by atoms with Gasteiger partial charge in [-0.25, -0.2) is 0 Å². The highest BCUT2D eigenvalue weighted by molar-refractivity contribution is 6.31. The first-order valence-corrected chi connectivity index (χ1v) is 3.87. The molecular formula is H54B5N13O15. The molecule has 0 spiro atoms. The molecule has 33 heteroatoms. The Balaban J connectivity index is -0.00000000485. The third kappa shape index (κ3) is 42100. The van der Waals surface area contributed by atoms with Gasteiger partial charge in [0.25, 0.3) is 0 Å². The molecule has 0 fully saturated rings. The highest BCUT2D eigenvalue weighted by Gasteiger charge is 1.94. The Kier molecular flexibility index (Phi) is 664. The van der Waals surface area contributed by atoms with Gasteiger partial charge in [-0.3, -0.25) is 0 Å². The molecule has 0 aromatic carbocycles. The molecule has 0 bridgehead atoms. The minimum atomic E-state index is -2.17. The lowest BCUT2D eigenvalue weighted by atomic mass is 10.3. The van der Waals surface area contributed by atoms with E-state index in [4.69, 9.17) is 75.4 Å². The van der Waals surface area contributed by atoms with Crippen LogP contribution in [-0.2, 0) is 0 Å². The lowest BCUT2D eigenvalue weighted by Crippen LogP contribution is -2.07. The fourth-order valence-electron chi connectivity index (χ4n) is 0. The van der Waals surface area contributed by atoms with Gasteiger partial charge in [0.15, 0.2) is 0 Å². The van der Waals surface area contributed by atoms with E-state index in [-0.39, 0.29) is 80.0 Å². The molecule has 224 valence electrons. The maximum absolute atomic E-state index is 7.17. The molecule has 0 saturated carbocycles. The summed E-state index contributed by atoms with van der Waals surface area (Å²) in [7, 11) is -10.8. The Labute approximate surface area is 193 Å². The van der Waals surface area contributed by atoms with E-state index in [2.05, 4.69) is 0 Å². The van der Waals surface area contributed by atoms with Gasteiger partial charge in [0.05, 0.1) is 0 Å². The van der Waals surface area contributed by atoms with Crippen LogP contribution in [0.25, 0.3) is 0 Å². The number of hydrogen-bond acceptors (Lipinski definition) is 28. The highest BCUT2D eigenvalue weighted by Crippen LogP contribution is 1.41. The molecule has 0 aromatic heterocycles. The zero-order valence-electron chi connectivity index (χ0n) is 18.8. The van der Waals surface area contributed by atoms with Crippen molar-refractivity contribution in [1.82, 2.24) is 80.0 Å². The first kappa shape index (κ1) is 155. The van der Waals surface area contributed by atoms with Crippen molar-refractivity contribution >= 4 is 36.6 Å². The molecule has 33 heavy (non-hydrogen) atoms. The molecule has 0 aliphatic carbocycles. The molecule has 0 heterocycles. The van der Waals surface area contributed by atoms with E-state index < -0.39 is 36.6 Å². The van der Waals surface area contributed by atoms with Crippen LogP contribution < -0.4 is 80.0 Å². The van der Waals surface area contributed by atoms with Crippen molar-refractivity contribution in [3.8, 4) is 0 Å². The summed E-state index contributed by atoms with van der Waals surface area (Å²) in [6.45, 7) is 0. The van der Waals surface area contributed by atoms with Crippen LogP contribution in [0.15, 0.2) is 0 Å². The van der Waals surface area contributed by atoms with Crippen LogP contribution >= 0.6 is 0 Å². The van der Waals surface area contributed by atoms with E-state index >= 15 is 0 Å². The van der Waals surface area contributed by atoms with Gasteiger partial charge in [-0.05, 0) is 0 Å². The van der Waals surface area contributed by atoms with Crippen LogP contribution in [0, 0.1) is 0 Å². The van der Waals surface area contributed by atoms with Gasteiger partial charge < -0.3 is 155 Å². The Morgan fingerprint density at radius 2 is 0.152 bits per heavy atom. The van der Waals surface area contributed by atoms with Crippen LogP contribution in [0.1, 0.15) is 0 Å². The fraction of sp³-hybridized carbons (Fsp3) is 0. The number of hydrogen-bond donors (Lipinski definition) is 28. The maximum atomic E-state index is 7.17. The van der Waals surface area contributed by atoms with Gasteiger partial charge in [0, 0.05) is 0 Å². The number of rotatable bonds is 0. The SMILES string of the molecule is N.N.N.N.N.N.N.N.N.N.N.N.N.OB(O)O.OB(O)O.OB(O)O.OB(O)O.OB(O)O. The summed E-state index contributed by atoms with van der Waals surface area (Å²) in [4.78, 5) is 0. The van der Waals surface area contributed by atoms with Gasteiger partial charge in [0.1, 0.15) is 0 Å². The molecule has 0 rings (SSSR count). The Bertz CT molecular complexity index is 107. The summed E-state index contributed by atoms with van der Waals surface area (Å²) in [5, 5.41) is 108. The zero-order chi connectivity index (χ0) is 17.9. The van der Waals surface area contributed by atoms with Crippen LogP contribution in [0.3, 0.4) is 0 Å². The summed E-state index contributed by atoms with van der Waals surface area (Å²) in [6.07, 6.45) is 0. The third-order valence-electron chi connectivity index (χ3n) is 0. The second kappa shape index (κ2) is 141. The summed E-state index contributed by atoms with van der Waals surface area (Å²) in [5.41, 5.74) is 0. The average Bonchev–Trinajstić information content (AvgIpc) is 1.94. The van der Waals surface area contributed by atoms with Gasteiger partial charge in [-0.15, -0.1) is 0 Å². The molecule has 0 aromatic rings. The predicted octanol–water partition coefficient (Wildman–Crippen LogP) is -8.15. The Morgan fingerprint density at radius 3 is 0.152 bits per heavy atom. The summed E-state index contributed by atoms with van der Waals surface area (Å²) >= 11 is 0. The van der Waals surface area contributed by atoms with Gasteiger partial charge >= 0.3 is 36.6 Å². The van der Waals surface area contributed by atoms with Crippen molar-refractivity contribution in [2.75, 3.05) is 0 Å². The van der Waals surface area contributed by atoms with Crippen molar-refractivity contribution in [2.45, 2.75) is 0 Å². The molecule has 0 radical (unpaired) electrons. The van der Waals surface area contributed by atoms with Crippen molar-refractivity contribution in [3.63, 3.8) is 0 Å². The van der Waals surface area contributed by atoms with Gasteiger partial charge in [0.2, 0.25) is 0 Å². The van der Waals surface area contributed by atoms with Crippen molar-refractivity contribution in [3.05, 3.63) is 0 Å². The smallest absolute Gasteiger partial charge is 0.402 e. The second-order valence-electron chi connectivity index (χ2n) is 1.73. The molecule has 0 atom stereocenters. The van der Waals surface area contributed by atoms with Crippen LogP contribution in [0.4, 0.5) is 0 Å². The molecule has 28 nitrogen and oxygen atoms in total. The highest BCUT2D eigenvalue weighted by atomic mass is 16.5. The summed E-state index contributed by atoms with van der Waals surface area (Å²) in [5.74, 6) is 0. The molecule has 0 aliphatic rings. The minimum Gasteiger partial charge on any atom is -0.402 e. The molecule has 0 saturated heterocycles. The molecular weight excluding hydrogens is 476 g/mol. The topological polar surface area (TPSA) is 758 Å². The van der Waals surface area contributed by atoms with Gasteiger partial charge in [-0.1, -0.05) is 0 Å². The van der Waals surface area contributed by atoms with Crippen LogP contribution in [0.2, 0.25) is 0 Å². The lowest BCUT2D eigenvalue weighted by Gasteiger charge is -1.69. The zero-order valence-corrected chi connectivity index (χ0v) is 18.8. The largest absolute Gasteiger partial charge is 0.631 e. The normalized spacial score (nSPS) is 4.09. The maximum Gasteiger partial charge on any atom is 0.631 e. The summed E-state index contributed by atoms with van der Waals surface area (Å²) in [6, 6.07) is 0. The van der Waals surface area contributed by atoms with Crippen molar-refractivity contribution < 1.29 is 75.4 Å². The average molecular weight is 531 g/mol. The molecule has 0 unspecified atom stereocenters. The fourth-order valence-corrected chi connectivity index (χ4v) is 0. The molecule has 54 N–H and O–H groups in total. The van der Waals surface area contributed by atoms with E-state index in [0.717, 1.165) is 0 Å². The van der Waals surface area contributed by atoms with Crippen molar-refractivity contribution in [1.29, 1.82) is 0 Å². The van der Waals surface area contributed by atoms with Crippen molar-refractivity contribution in [2.24, 2.45) is 0 Å². The Morgan fingerprint density at radius 1 is 0.152 bits per heavy atom. The van der Waals surface area contributed by atoms with E-state index in [0.29, 0.717) is 0 Å². The minimum absolute atomic E-state index is 0. The second-order valence-corrected chi connectivity index (χ2v) is 1.73.